The largest absolute Gasteiger partial charge is 0.378 e. The van der Waals surface area contributed by atoms with Crippen molar-refractivity contribution in [3.8, 4) is 0 Å². The molecule has 0 radical (unpaired) electrons. The van der Waals surface area contributed by atoms with Crippen molar-refractivity contribution in [2.24, 2.45) is 0 Å². The number of aromatic nitrogens is 3. The van der Waals surface area contributed by atoms with Gasteiger partial charge in [0.25, 0.3) is 0 Å². The van der Waals surface area contributed by atoms with Gasteiger partial charge in [-0.15, -0.1) is 11.3 Å². The first kappa shape index (κ1) is 29.2. The highest BCUT2D eigenvalue weighted by molar-refractivity contribution is 7.91. The lowest BCUT2D eigenvalue weighted by molar-refractivity contribution is -0.184. The van der Waals surface area contributed by atoms with E-state index in [4.69, 9.17) is 16.3 Å². The Hall–Kier alpha value is -2.87. The Balaban J connectivity index is 1.33. The summed E-state index contributed by atoms with van der Waals surface area (Å²) in [7, 11) is -0.587. The smallest absolute Gasteiger partial charge is 0.250 e. The second kappa shape index (κ2) is 10.7. The van der Waals surface area contributed by atoms with Crippen molar-refractivity contribution in [3.05, 3.63) is 69.4 Å². The van der Waals surface area contributed by atoms with Gasteiger partial charge in [0.15, 0.2) is 11.2 Å². The van der Waals surface area contributed by atoms with Crippen LogP contribution in [-0.4, -0.2) is 94.9 Å². The van der Waals surface area contributed by atoms with Crippen LogP contribution in [0.4, 0.5) is 0 Å². The summed E-state index contributed by atoms with van der Waals surface area (Å²) < 4.78 is 34.3. The fourth-order valence-electron chi connectivity index (χ4n) is 5.34. The Bertz CT molecular complexity index is 1770. The van der Waals surface area contributed by atoms with Gasteiger partial charge < -0.3 is 14.7 Å². The number of amides is 1. The van der Waals surface area contributed by atoms with Crippen molar-refractivity contribution in [3.63, 3.8) is 0 Å². The molecule has 1 N–H and O–H groups in total. The predicted octanol–water partition coefficient (Wildman–Crippen LogP) is 3.43. The van der Waals surface area contributed by atoms with Crippen LogP contribution in [-0.2, 0) is 25.2 Å². The van der Waals surface area contributed by atoms with Crippen LogP contribution < -0.4 is 0 Å². The Morgan fingerprint density at radius 1 is 1.26 bits per heavy atom. The summed E-state index contributed by atoms with van der Waals surface area (Å²) in [4.78, 5) is 25.4. The molecule has 42 heavy (non-hydrogen) atoms. The number of fused-ring (bicyclic) bond motifs is 1. The molecule has 0 bridgehead atoms. The molecule has 2 aliphatic heterocycles. The fraction of sp³-hybridized carbons (Fsp3) is 0.414. The van der Waals surface area contributed by atoms with Crippen LogP contribution in [0.5, 0.6) is 0 Å². The van der Waals surface area contributed by atoms with Crippen molar-refractivity contribution in [1.82, 2.24) is 23.7 Å². The number of aliphatic hydroxyl groups is 1. The fourth-order valence-corrected chi connectivity index (χ4v) is 8.70. The molecule has 5 heterocycles. The number of hydrogen-bond acceptors (Lipinski definition) is 9. The molecule has 3 aliphatic rings. The van der Waals surface area contributed by atoms with Crippen LogP contribution in [0.15, 0.2) is 53.9 Å². The number of ether oxygens (including phenoxy) is 1. The van der Waals surface area contributed by atoms with E-state index in [0.717, 1.165) is 15.8 Å². The van der Waals surface area contributed by atoms with Gasteiger partial charge in [-0.3, -0.25) is 9.69 Å². The van der Waals surface area contributed by atoms with Crippen LogP contribution in [0, 0.1) is 0 Å². The van der Waals surface area contributed by atoms with E-state index in [1.54, 1.807) is 50.5 Å². The van der Waals surface area contributed by atoms with E-state index in [9.17, 15) is 18.3 Å². The van der Waals surface area contributed by atoms with Gasteiger partial charge >= 0.3 is 0 Å². The van der Waals surface area contributed by atoms with Gasteiger partial charge in [0.2, 0.25) is 15.9 Å². The quantitative estimate of drug-likeness (QED) is 0.422. The van der Waals surface area contributed by atoms with Crippen molar-refractivity contribution >= 4 is 61.0 Å². The molecule has 222 valence electrons. The SMILES string of the molecule is CN(C)C(=O)CN1CC=C(c2cc3cccnc3n2S(=O)(=O)C2(C)C=C(Cl)C(c3cnc(C4(O)COC4)s3)=CC2)CC1. The number of nitrogens with zero attached hydrogens (tertiary/aromatic N) is 5. The molecule has 1 fully saturated rings. The van der Waals surface area contributed by atoms with Crippen molar-refractivity contribution in [2.75, 3.05) is 46.9 Å². The van der Waals surface area contributed by atoms with Crippen LogP contribution in [0.25, 0.3) is 22.2 Å². The number of hydrogen-bond donors (Lipinski definition) is 1. The van der Waals surface area contributed by atoms with E-state index in [2.05, 4.69) is 9.97 Å². The number of likely N-dealkylation sites (N-methyl/N-ethyl adjacent to an activating group) is 1. The second-order valence-corrected chi connectivity index (χ2v) is 15.1. The van der Waals surface area contributed by atoms with Gasteiger partial charge in [-0.1, -0.05) is 23.8 Å². The molecule has 1 aliphatic carbocycles. The molecular formula is C29H32ClN5O5S2. The topological polar surface area (TPSA) is 118 Å². The number of allylic oxidation sites excluding steroid dienone is 3. The Labute approximate surface area is 253 Å². The normalized spacial score (nSPS) is 22.7. The van der Waals surface area contributed by atoms with E-state index in [1.165, 1.54) is 15.3 Å². The zero-order chi connectivity index (χ0) is 29.9. The molecular weight excluding hydrogens is 598 g/mol. The Morgan fingerprint density at radius 3 is 2.69 bits per heavy atom. The minimum atomic E-state index is -4.06. The third kappa shape index (κ3) is 4.93. The summed E-state index contributed by atoms with van der Waals surface area (Å²) in [6.45, 7) is 3.55. The molecule has 1 atom stereocenters. The van der Waals surface area contributed by atoms with Crippen molar-refractivity contribution in [2.45, 2.75) is 30.1 Å². The van der Waals surface area contributed by atoms with E-state index < -0.39 is 20.4 Å². The van der Waals surface area contributed by atoms with Crippen LogP contribution in [0.2, 0.25) is 0 Å². The molecule has 1 amide bonds. The molecule has 13 heteroatoms. The lowest BCUT2D eigenvalue weighted by atomic mass is 9.97. The number of rotatable bonds is 7. The lowest BCUT2D eigenvalue weighted by Crippen LogP contribution is -2.46. The predicted molar refractivity (Wildman–Crippen MR) is 164 cm³/mol. The van der Waals surface area contributed by atoms with Gasteiger partial charge in [-0.2, -0.15) is 0 Å². The Morgan fingerprint density at radius 2 is 2.05 bits per heavy atom. The van der Waals surface area contributed by atoms with Crippen molar-refractivity contribution < 1.29 is 23.1 Å². The summed E-state index contributed by atoms with van der Waals surface area (Å²) in [5.74, 6) is 0.0246. The van der Waals surface area contributed by atoms with Gasteiger partial charge in [0.1, 0.15) is 9.75 Å². The standard InChI is InChI=1S/C29H32ClN5O5S2/c1-28(9-6-21(22(30)14-28)24-15-32-27(41-24)29(37)17-40-18-29)42(38,39)35-23(13-20-5-4-10-31-26(20)35)19-7-11-34(12-8-19)16-25(36)33(2)3/h4-7,10,13-15,37H,8-9,11-12,16-18H2,1-3H3. The number of carbonyl (C=O) groups excluding carboxylic acids is 1. The molecule has 3 aromatic heterocycles. The maximum absolute atomic E-state index is 14.5. The summed E-state index contributed by atoms with van der Waals surface area (Å²) in [6, 6.07) is 5.52. The lowest BCUT2D eigenvalue weighted by Gasteiger charge is -2.34. The second-order valence-electron chi connectivity index (χ2n) is 11.4. The molecule has 3 aromatic rings. The van der Waals surface area contributed by atoms with Crippen LogP contribution in [0.1, 0.15) is 35.3 Å². The maximum Gasteiger partial charge on any atom is 0.250 e. The molecule has 0 aromatic carbocycles. The average Bonchev–Trinajstić information content (AvgIpc) is 3.58. The minimum absolute atomic E-state index is 0.0246. The van der Waals surface area contributed by atoms with Gasteiger partial charge in [0.05, 0.1) is 30.3 Å². The molecule has 0 spiro atoms. The highest BCUT2D eigenvalue weighted by atomic mass is 35.5. The molecule has 10 nitrogen and oxygen atoms in total. The van der Waals surface area contributed by atoms with E-state index in [1.807, 2.05) is 29.2 Å². The number of pyridine rings is 1. The molecule has 1 saturated heterocycles. The molecule has 6 rings (SSSR count). The zero-order valence-electron chi connectivity index (χ0n) is 23.6. The monoisotopic (exact) mass is 629 g/mol. The first-order valence-electron chi connectivity index (χ1n) is 13.6. The molecule has 0 saturated carbocycles. The third-order valence-corrected chi connectivity index (χ3v) is 11.9. The van der Waals surface area contributed by atoms with E-state index in [-0.39, 0.29) is 25.5 Å². The first-order chi connectivity index (χ1) is 19.9. The van der Waals surface area contributed by atoms with Gasteiger partial charge in [-0.05, 0) is 49.6 Å². The summed E-state index contributed by atoms with van der Waals surface area (Å²) in [5, 5.41) is 12.2. The average molecular weight is 630 g/mol. The van der Waals surface area contributed by atoms with E-state index >= 15 is 0 Å². The summed E-state index contributed by atoms with van der Waals surface area (Å²) in [6.07, 6.45) is 9.45. The first-order valence-corrected chi connectivity index (χ1v) is 16.2. The van der Waals surface area contributed by atoms with Crippen molar-refractivity contribution in [1.29, 1.82) is 0 Å². The summed E-state index contributed by atoms with van der Waals surface area (Å²) >= 11 is 8.10. The van der Waals surface area contributed by atoms with Gasteiger partial charge in [0, 0.05) is 55.6 Å². The third-order valence-electron chi connectivity index (χ3n) is 8.08. The number of thiazole rings is 1. The zero-order valence-corrected chi connectivity index (χ0v) is 26.0. The maximum atomic E-state index is 14.5. The highest BCUT2D eigenvalue weighted by Gasteiger charge is 2.44. The highest BCUT2D eigenvalue weighted by Crippen LogP contribution is 2.44. The van der Waals surface area contributed by atoms with Crippen LogP contribution in [0.3, 0.4) is 0 Å². The number of carbonyl (C=O) groups is 1. The van der Waals surface area contributed by atoms with Gasteiger partial charge in [-0.25, -0.2) is 22.4 Å². The summed E-state index contributed by atoms with van der Waals surface area (Å²) in [5.41, 5.74) is 1.44. The minimum Gasteiger partial charge on any atom is -0.378 e. The molecule has 1 unspecified atom stereocenters. The number of halogens is 1. The Kier molecular flexibility index (Phi) is 7.43. The van der Waals surface area contributed by atoms with Crippen LogP contribution >= 0.6 is 22.9 Å². The van der Waals surface area contributed by atoms with E-state index in [0.29, 0.717) is 53.0 Å².